The van der Waals surface area contributed by atoms with Gasteiger partial charge in [-0.15, -0.1) is 0 Å². The molecule has 0 spiro atoms. The van der Waals surface area contributed by atoms with E-state index in [-0.39, 0.29) is 10.8 Å². The smallest absolute Gasteiger partial charge is 0.124 e. The molecule has 1 saturated carbocycles. The first-order valence-electron chi connectivity index (χ1n) is 10.1. The van der Waals surface area contributed by atoms with Crippen LogP contribution in [0, 0.1) is 5.92 Å². The van der Waals surface area contributed by atoms with Gasteiger partial charge >= 0.3 is 0 Å². The molecule has 152 valence electrons. The summed E-state index contributed by atoms with van der Waals surface area (Å²) in [5, 5.41) is 4.24. The fourth-order valence-electron chi connectivity index (χ4n) is 3.92. The van der Waals surface area contributed by atoms with E-state index in [0.29, 0.717) is 11.8 Å². The van der Waals surface area contributed by atoms with Crippen LogP contribution in [0.2, 0.25) is 5.02 Å². The predicted molar refractivity (Wildman–Crippen MR) is 114 cm³/mol. The summed E-state index contributed by atoms with van der Waals surface area (Å²) in [5.74, 6) is 1.81. The zero-order chi connectivity index (χ0) is 19.6. The van der Waals surface area contributed by atoms with Crippen LogP contribution in [0.15, 0.2) is 12.1 Å². The van der Waals surface area contributed by atoms with Crippen LogP contribution < -0.4 is 14.8 Å². The highest BCUT2D eigenvalue weighted by molar-refractivity contribution is 7.84. The summed E-state index contributed by atoms with van der Waals surface area (Å²) in [7, 11) is 0.560. The molecule has 0 bridgehead atoms. The van der Waals surface area contributed by atoms with Crippen LogP contribution >= 0.6 is 11.6 Å². The van der Waals surface area contributed by atoms with Crippen LogP contribution in [0.1, 0.15) is 76.0 Å². The van der Waals surface area contributed by atoms with Crippen LogP contribution in [0.4, 0.5) is 0 Å². The third kappa shape index (κ3) is 4.87. The predicted octanol–water partition coefficient (Wildman–Crippen LogP) is 4.71. The summed E-state index contributed by atoms with van der Waals surface area (Å²) in [4.78, 5) is 0. The Morgan fingerprint density at radius 1 is 1.22 bits per heavy atom. The summed E-state index contributed by atoms with van der Waals surface area (Å²) < 4.78 is 21.8. The number of methoxy groups -OCH3 is 1. The van der Waals surface area contributed by atoms with E-state index in [4.69, 9.17) is 16.3 Å². The number of nitrogens with one attached hydrogen (secondary N) is 2. The lowest BCUT2D eigenvalue weighted by Crippen LogP contribution is -2.41. The fourth-order valence-corrected chi connectivity index (χ4v) is 5.15. The number of hydrogen-bond donors (Lipinski definition) is 2. The van der Waals surface area contributed by atoms with Gasteiger partial charge in [-0.2, -0.15) is 0 Å². The van der Waals surface area contributed by atoms with Gasteiger partial charge in [-0.05, 0) is 89.1 Å². The largest absolute Gasteiger partial charge is 0.496 e. The maximum absolute atomic E-state index is 12.9. The molecule has 2 atom stereocenters. The van der Waals surface area contributed by atoms with Gasteiger partial charge in [0.15, 0.2) is 0 Å². The fraction of sp³-hybridized carbons (Fsp3) is 0.714. The molecule has 1 aromatic carbocycles. The van der Waals surface area contributed by atoms with E-state index < -0.39 is 11.0 Å². The number of piperidine rings is 1. The molecule has 1 aliphatic carbocycles. The molecule has 1 aromatic rings. The van der Waals surface area contributed by atoms with Gasteiger partial charge < -0.3 is 10.1 Å². The number of ether oxygens (including phenoxy) is 1. The van der Waals surface area contributed by atoms with Crippen LogP contribution in [0.5, 0.6) is 5.75 Å². The Kier molecular flexibility index (Phi) is 6.88. The molecule has 1 aliphatic heterocycles. The SMILES string of the molecule is COc1cc(C2CCC2)c(Cl)cc1[C@H](N[S@@](=O)C(C)(C)C)C1CCNCC1. The average molecular weight is 413 g/mol. The molecule has 3 rings (SSSR count). The molecule has 2 N–H and O–H groups in total. The Labute approximate surface area is 171 Å². The highest BCUT2D eigenvalue weighted by Gasteiger charge is 2.33. The summed E-state index contributed by atoms with van der Waals surface area (Å²) in [6.07, 6.45) is 5.77. The second-order valence-electron chi connectivity index (χ2n) is 8.81. The van der Waals surface area contributed by atoms with E-state index in [0.717, 1.165) is 42.3 Å². The van der Waals surface area contributed by atoms with Crippen molar-refractivity contribution in [3.63, 3.8) is 0 Å². The number of halogens is 1. The number of hydrogen-bond acceptors (Lipinski definition) is 3. The van der Waals surface area contributed by atoms with E-state index in [1.165, 1.54) is 24.8 Å². The Bertz CT molecular complexity index is 679. The van der Waals surface area contributed by atoms with E-state index in [1.54, 1.807) is 7.11 Å². The van der Waals surface area contributed by atoms with Crippen LogP contribution in [-0.2, 0) is 11.0 Å². The van der Waals surface area contributed by atoms with E-state index >= 15 is 0 Å². The van der Waals surface area contributed by atoms with Crippen molar-refractivity contribution in [2.45, 2.75) is 69.6 Å². The minimum atomic E-state index is -1.16. The van der Waals surface area contributed by atoms with Gasteiger partial charge in [-0.3, -0.25) is 0 Å². The summed E-state index contributed by atoms with van der Waals surface area (Å²) in [5.41, 5.74) is 2.24. The van der Waals surface area contributed by atoms with Crippen molar-refractivity contribution in [1.29, 1.82) is 0 Å². The van der Waals surface area contributed by atoms with Gasteiger partial charge in [0.25, 0.3) is 0 Å². The highest BCUT2D eigenvalue weighted by atomic mass is 35.5. The maximum atomic E-state index is 12.9. The molecule has 0 aromatic heterocycles. The van der Waals surface area contributed by atoms with Crippen LogP contribution in [0.25, 0.3) is 0 Å². The van der Waals surface area contributed by atoms with Crippen molar-refractivity contribution in [2.75, 3.05) is 20.2 Å². The van der Waals surface area contributed by atoms with Gasteiger partial charge in [0.1, 0.15) is 5.75 Å². The zero-order valence-corrected chi connectivity index (χ0v) is 18.5. The van der Waals surface area contributed by atoms with Crippen molar-refractivity contribution >= 4 is 22.6 Å². The van der Waals surface area contributed by atoms with E-state index in [2.05, 4.69) is 22.2 Å². The van der Waals surface area contributed by atoms with Crippen LogP contribution in [-0.4, -0.2) is 29.2 Å². The average Bonchev–Trinajstić information content (AvgIpc) is 2.59. The maximum Gasteiger partial charge on any atom is 0.124 e. The minimum absolute atomic E-state index is 0.0324. The van der Waals surface area contributed by atoms with Gasteiger partial charge in [-0.1, -0.05) is 18.0 Å². The van der Waals surface area contributed by atoms with Crippen molar-refractivity contribution < 1.29 is 8.95 Å². The van der Waals surface area contributed by atoms with Gasteiger partial charge in [-0.25, -0.2) is 8.93 Å². The molecule has 1 heterocycles. The van der Waals surface area contributed by atoms with Crippen molar-refractivity contribution in [3.05, 3.63) is 28.3 Å². The molecule has 2 aliphatic rings. The molecular formula is C21H33ClN2O2S. The first kappa shape index (κ1) is 21.1. The van der Waals surface area contributed by atoms with Crippen molar-refractivity contribution in [2.24, 2.45) is 5.92 Å². The number of benzene rings is 1. The first-order chi connectivity index (χ1) is 12.8. The normalized spacial score (nSPS) is 21.5. The lowest BCUT2D eigenvalue weighted by Gasteiger charge is -2.35. The second-order valence-corrected chi connectivity index (χ2v) is 11.2. The Morgan fingerprint density at radius 2 is 1.89 bits per heavy atom. The molecular weight excluding hydrogens is 380 g/mol. The highest BCUT2D eigenvalue weighted by Crippen LogP contribution is 2.44. The Hall–Kier alpha value is -0.620. The summed E-state index contributed by atoms with van der Waals surface area (Å²) in [6, 6.07) is 4.15. The van der Waals surface area contributed by atoms with E-state index in [1.807, 2.05) is 20.8 Å². The molecule has 0 radical (unpaired) electrons. The van der Waals surface area contributed by atoms with Gasteiger partial charge in [0.2, 0.25) is 0 Å². The van der Waals surface area contributed by atoms with Crippen molar-refractivity contribution in [3.8, 4) is 5.75 Å². The van der Waals surface area contributed by atoms with E-state index in [9.17, 15) is 4.21 Å². The van der Waals surface area contributed by atoms with Gasteiger partial charge in [0, 0.05) is 10.6 Å². The molecule has 4 nitrogen and oxygen atoms in total. The first-order valence-corrected chi connectivity index (χ1v) is 11.6. The van der Waals surface area contributed by atoms with Crippen LogP contribution in [0.3, 0.4) is 0 Å². The minimum Gasteiger partial charge on any atom is -0.496 e. The summed E-state index contributed by atoms with van der Waals surface area (Å²) >= 11 is 6.70. The Morgan fingerprint density at radius 3 is 2.41 bits per heavy atom. The molecule has 0 unspecified atom stereocenters. The third-order valence-electron chi connectivity index (χ3n) is 5.87. The number of rotatable bonds is 6. The molecule has 27 heavy (non-hydrogen) atoms. The molecule has 2 fully saturated rings. The molecule has 1 saturated heterocycles. The third-order valence-corrected chi connectivity index (χ3v) is 7.78. The standard InChI is InChI=1S/C21H33ClN2O2S/c1-21(2,3)27(25)24-20(15-8-10-23-11-9-15)17-12-18(22)16(13-19(17)26-4)14-6-5-7-14/h12-15,20,23-24H,5-11H2,1-4H3/t20-,27+/m1/s1. The monoisotopic (exact) mass is 412 g/mol. The molecule has 0 amide bonds. The lowest BCUT2D eigenvalue weighted by molar-refractivity contribution is 0.300. The lowest BCUT2D eigenvalue weighted by atomic mass is 9.78. The molecule has 6 heteroatoms. The topological polar surface area (TPSA) is 50.4 Å². The quantitative estimate of drug-likeness (QED) is 0.711. The Balaban J connectivity index is 1.97. The second kappa shape index (κ2) is 8.81. The zero-order valence-electron chi connectivity index (χ0n) is 16.9. The van der Waals surface area contributed by atoms with Crippen molar-refractivity contribution in [1.82, 2.24) is 10.0 Å². The summed E-state index contributed by atoms with van der Waals surface area (Å²) in [6.45, 7) is 7.97. The van der Waals surface area contributed by atoms with Gasteiger partial charge in [0.05, 0.1) is 28.9 Å².